The Kier molecular flexibility index (Phi) is 7.51. The van der Waals surface area contributed by atoms with Crippen LogP contribution in [0.1, 0.15) is 39.7 Å². The summed E-state index contributed by atoms with van der Waals surface area (Å²) in [5, 5.41) is 17.5. The van der Waals surface area contributed by atoms with Crippen LogP contribution in [0.25, 0.3) is 0 Å². The first-order chi connectivity index (χ1) is 10.5. The summed E-state index contributed by atoms with van der Waals surface area (Å²) < 4.78 is 1.36. The van der Waals surface area contributed by atoms with E-state index in [9.17, 15) is 14.9 Å². The fraction of sp³-hybridized carbons (Fsp3) is 0.714. The van der Waals surface area contributed by atoms with Gasteiger partial charge in [0.05, 0.1) is 4.92 Å². The highest BCUT2D eigenvalue weighted by atomic mass is 16.6. The summed E-state index contributed by atoms with van der Waals surface area (Å²) in [6.07, 6.45) is 3.86. The van der Waals surface area contributed by atoms with Crippen LogP contribution in [0.15, 0.2) is 12.4 Å². The minimum absolute atomic E-state index is 0.104. The van der Waals surface area contributed by atoms with Crippen molar-refractivity contribution in [2.24, 2.45) is 0 Å². The summed E-state index contributed by atoms with van der Waals surface area (Å²) in [6.45, 7) is 9.61. The average Bonchev–Trinajstić information content (AvgIpc) is 2.98. The molecule has 0 aromatic carbocycles. The summed E-state index contributed by atoms with van der Waals surface area (Å²) in [5.41, 5.74) is -0.104. The second kappa shape index (κ2) is 9.14. The van der Waals surface area contributed by atoms with Gasteiger partial charge >= 0.3 is 5.69 Å². The van der Waals surface area contributed by atoms with Gasteiger partial charge in [0.15, 0.2) is 0 Å². The fourth-order valence-corrected chi connectivity index (χ4v) is 2.26. The van der Waals surface area contributed by atoms with E-state index in [4.69, 9.17) is 0 Å². The predicted octanol–water partition coefficient (Wildman–Crippen LogP) is 1.59. The van der Waals surface area contributed by atoms with Crippen LogP contribution in [0.4, 0.5) is 5.69 Å². The van der Waals surface area contributed by atoms with Crippen LogP contribution >= 0.6 is 0 Å². The summed E-state index contributed by atoms with van der Waals surface area (Å²) >= 11 is 0. The summed E-state index contributed by atoms with van der Waals surface area (Å²) in [4.78, 5) is 24.6. The van der Waals surface area contributed by atoms with Crippen molar-refractivity contribution in [2.45, 2.75) is 39.7 Å². The number of amides is 1. The Balaban J connectivity index is 2.49. The molecule has 1 rings (SSSR count). The topological polar surface area (TPSA) is 93.3 Å². The monoisotopic (exact) mass is 311 g/mol. The maximum absolute atomic E-state index is 12.2. The number of nitrogens with one attached hydrogen (secondary N) is 1. The Bertz CT molecular complexity index is 485. The second-order valence-corrected chi connectivity index (χ2v) is 5.03. The number of carbonyl (C=O) groups is 1. The molecule has 124 valence electrons. The zero-order valence-corrected chi connectivity index (χ0v) is 13.5. The average molecular weight is 311 g/mol. The van der Waals surface area contributed by atoms with Crippen molar-refractivity contribution >= 4 is 11.6 Å². The third-order valence-corrected chi connectivity index (χ3v) is 3.65. The van der Waals surface area contributed by atoms with Gasteiger partial charge in [-0.3, -0.25) is 19.6 Å². The van der Waals surface area contributed by atoms with E-state index in [1.807, 2.05) is 6.92 Å². The third-order valence-electron chi connectivity index (χ3n) is 3.65. The first-order valence-electron chi connectivity index (χ1n) is 7.72. The molecular formula is C14H25N5O3. The van der Waals surface area contributed by atoms with E-state index < -0.39 is 11.0 Å². The molecular weight excluding hydrogens is 286 g/mol. The van der Waals surface area contributed by atoms with Crippen molar-refractivity contribution in [2.75, 3.05) is 26.2 Å². The van der Waals surface area contributed by atoms with Crippen LogP contribution in [0.5, 0.6) is 0 Å². The van der Waals surface area contributed by atoms with Crippen LogP contribution in [0, 0.1) is 10.1 Å². The molecule has 0 aliphatic heterocycles. The van der Waals surface area contributed by atoms with Crippen molar-refractivity contribution < 1.29 is 9.72 Å². The Morgan fingerprint density at radius 3 is 2.64 bits per heavy atom. The van der Waals surface area contributed by atoms with E-state index in [0.717, 1.165) is 32.3 Å². The lowest BCUT2D eigenvalue weighted by Crippen LogP contribution is -2.35. The van der Waals surface area contributed by atoms with E-state index in [1.165, 1.54) is 10.9 Å². The van der Waals surface area contributed by atoms with Gasteiger partial charge in [-0.2, -0.15) is 5.10 Å². The molecule has 0 spiro atoms. The van der Waals surface area contributed by atoms with Gasteiger partial charge in [0.25, 0.3) is 0 Å². The van der Waals surface area contributed by atoms with Crippen molar-refractivity contribution in [3.05, 3.63) is 22.5 Å². The van der Waals surface area contributed by atoms with Crippen molar-refractivity contribution in [3.63, 3.8) is 0 Å². The van der Waals surface area contributed by atoms with Crippen LogP contribution in [-0.4, -0.2) is 51.7 Å². The first kappa shape index (κ1) is 18.1. The van der Waals surface area contributed by atoms with Crippen LogP contribution in [0.3, 0.4) is 0 Å². The van der Waals surface area contributed by atoms with Crippen LogP contribution in [0.2, 0.25) is 0 Å². The number of carbonyl (C=O) groups excluding carboxylic acids is 1. The molecule has 0 fully saturated rings. The summed E-state index contributed by atoms with van der Waals surface area (Å²) in [7, 11) is 0. The van der Waals surface area contributed by atoms with Crippen LogP contribution < -0.4 is 5.32 Å². The maximum Gasteiger partial charge on any atom is 0.307 e. The highest BCUT2D eigenvalue weighted by Gasteiger charge is 2.21. The van der Waals surface area contributed by atoms with Gasteiger partial charge in [0.1, 0.15) is 18.4 Å². The Hall–Kier alpha value is -1.96. The fourth-order valence-electron chi connectivity index (χ4n) is 2.26. The SMILES string of the molecule is CCC(C(=O)NCCCN(CC)CC)n1cc([N+](=O)[O-])cn1. The van der Waals surface area contributed by atoms with Gasteiger partial charge in [-0.15, -0.1) is 0 Å². The molecule has 0 saturated carbocycles. The normalized spacial score (nSPS) is 12.4. The lowest BCUT2D eigenvalue weighted by atomic mass is 10.2. The van der Waals surface area contributed by atoms with E-state index in [0.29, 0.717) is 13.0 Å². The highest BCUT2D eigenvalue weighted by Crippen LogP contribution is 2.15. The molecule has 1 atom stereocenters. The molecule has 1 amide bonds. The van der Waals surface area contributed by atoms with Crippen LogP contribution in [-0.2, 0) is 4.79 Å². The van der Waals surface area contributed by atoms with Gasteiger partial charge in [-0.05, 0) is 32.5 Å². The number of aromatic nitrogens is 2. The molecule has 1 N–H and O–H groups in total. The molecule has 1 heterocycles. The van der Waals surface area contributed by atoms with Crippen molar-refractivity contribution in [1.29, 1.82) is 0 Å². The lowest BCUT2D eigenvalue weighted by Gasteiger charge is -2.19. The highest BCUT2D eigenvalue weighted by molar-refractivity contribution is 5.80. The molecule has 0 aliphatic carbocycles. The van der Waals surface area contributed by atoms with Gasteiger partial charge in [-0.25, -0.2) is 0 Å². The predicted molar refractivity (Wildman–Crippen MR) is 83.6 cm³/mol. The molecule has 0 bridgehead atoms. The van der Waals surface area contributed by atoms with E-state index in [2.05, 4.69) is 29.2 Å². The molecule has 1 unspecified atom stereocenters. The largest absolute Gasteiger partial charge is 0.354 e. The number of rotatable bonds is 10. The van der Waals surface area contributed by atoms with Gasteiger partial charge < -0.3 is 10.2 Å². The molecule has 8 heteroatoms. The molecule has 22 heavy (non-hydrogen) atoms. The van der Waals surface area contributed by atoms with Crippen molar-refractivity contribution in [1.82, 2.24) is 20.0 Å². The smallest absolute Gasteiger partial charge is 0.307 e. The number of hydrogen-bond donors (Lipinski definition) is 1. The van der Waals surface area contributed by atoms with E-state index in [-0.39, 0.29) is 11.6 Å². The standard InChI is InChI=1S/C14H25N5O3/c1-4-13(18-11-12(10-16-18)19(21)22)14(20)15-8-7-9-17(5-2)6-3/h10-11,13H,4-9H2,1-3H3,(H,15,20). The number of nitro groups is 1. The molecule has 8 nitrogen and oxygen atoms in total. The zero-order valence-electron chi connectivity index (χ0n) is 13.5. The van der Waals surface area contributed by atoms with E-state index >= 15 is 0 Å². The maximum atomic E-state index is 12.2. The Labute approximate surface area is 130 Å². The van der Waals surface area contributed by atoms with Gasteiger partial charge in [-0.1, -0.05) is 20.8 Å². The first-order valence-corrected chi connectivity index (χ1v) is 7.72. The molecule has 1 aromatic rings. The zero-order chi connectivity index (χ0) is 16.5. The molecule has 0 aliphatic rings. The number of nitrogens with zero attached hydrogens (tertiary/aromatic N) is 4. The number of hydrogen-bond acceptors (Lipinski definition) is 5. The third kappa shape index (κ3) is 5.10. The van der Waals surface area contributed by atoms with Gasteiger partial charge in [0, 0.05) is 6.54 Å². The summed E-state index contributed by atoms with van der Waals surface area (Å²) in [5.74, 6) is -0.153. The minimum atomic E-state index is -0.516. The van der Waals surface area contributed by atoms with E-state index in [1.54, 1.807) is 0 Å². The minimum Gasteiger partial charge on any atom is -0.354 e. The lowest BCUT2D eigenvalue weighted by molar-refractivity contribution is -0.385. The Morgan fingerprint density at radius 2 is 2.14 bits per heavy atom. The van der Waals surface area contributed by atoms with Gasteiger partial charge in [0.2, 0.25) is 5.91 Å². The molecule has 0 saturated heterocycles. The summed E-state index contributed by atoms with van der Waals surface area (Å²) in [6, 6.07) is -0.512. The quantitative estimate of drug-likeness (QED) is 0.402. The van der Waals surface area contributed by atoms with Crippen molar-refractivity contribution in [3.8, 4) is 0 Å². The Morgan fingerprint density at radius 1 is 1.45 bits per heavy atom. The second-order valence-electron chi connectivity index (χ2n) is 5.03. The molecule has 1 aromatic heterocycles. The molecule has 0 radical (unpaired) electrons.